The van der Waals surface area contributed by atoms with Crippen LogP contribution < -0.4 is 5.32 Å². The van der Waals surface area contributed by atoms with Gasteiger partial charge in [0.15, 0.2) is 0 Å². The van der Waals surface area contributed by atoms with E-state index in [1.165, 1.54) is 0 Å². The van der Waals surface area contributed by atoms with Crippen LogP contribution >= 0.6 is 0 Å². The Morgan fingerprint density at radius 2 is 1.94 bits per heavy atom. The van der Waals surface area contributed by atoms with Crippen LogP contribution in [0.25, 0.3) is 0 Å². The van der Waals surface area contributed by atoms with Crippen LogP contribution in [0.3, 0.4) is 0 Å². The topological polar surface area (TPSA) is 38.3 Å². The third-order valence-electron chi connectivity index (χ3n) is 3.13. The fraction of sp³-hybridized carbons (Fsp3) is 0.500. The number of rotatable bonds is 4. The zero-order chi connectivity index (χ0) is 11.9. The average molecular weight is 233 g/mol. The molecule has 0 saturated carbocycles. The Hall–Kier alpha value is -1.35. The Labute approximate surface area is 102 Å². The molecule has 1 aliphatic heterocycles. The minimum Gasteiger partial charge on any atom is -0.465 e. The van der Waals surface area contributed by atoms with Crippen molar-refractivity contribution in [3.63, 3.8) is 0 Å². The van der Waals surface area contributed by atoms with Crippen molar-refractivity contribution >= 4 is 5.97 Å². The zero-order valence-electron chi connectivity index (χ0n) is 10.0. The molecule has 0 radical (unpaired) electrons. The summed E-state index contributed by atoms with van der Waals surface area (Å²) in [7, 11) is 0. The van der Waals surface area contributed by atoms with E-state index in [-0.39, 0.29) is 5.97 Å². The molecule has 1 aromatic carbocycles. The highest BCUT2D eigenvalue weighted by Crippen LogP contribution is 2.12. The molecular weight excluding hydrogens is 214 g/mol. The Bertz CT molecular complexity index is 344. The van der Waals surface area contributed by atoms with Gasteiger partial charge in [-0.15, -0.1) is 0 Å². The summed E-state index contributed by atoms with van der Waals surface area (Å²) < 4.78 is 5.32. The van der Waals surface area contributed by atoms with Crippen LogP contribution in [0.15, 0.2) is 30.3 Å². The predicted octanol–water partition coefficient (Wildman–Crippen LogP) is 1.77. The molecule has 1 aliphatic rings. The lowest BCUT2D eigenvalue weighted by atomic mass is 9.99. The van der Waals surface area contributed by atoms with Gasteiger partial charge in [-0.05, 0) is 37.4 Å². The van der Waals surface area contributed by atoms with Crippen molar-refractivity contribution in [3.05, 3.63) is 35.9 Å². The molecule has 1 fully saturated rings. The molecule has 1 saturated heterocycles. The summed E-state index contributed by atoms with van der Waals surface area (Å²) in [4.78, 5) is 11.6. The summed E-state index contributed by atoms with van der Waals surface area (Å²) in [5.41, 5.74) is 1.02. The van der Waals surface area contributed by atoms with Crippen LogP contribution in [0.1, 0.15) is 18.4 Å². The zero-order valence-corrected chi connectivity index (χ0v) is 10.0. The Kier molecular flexibility index (Phi) is 4.56. The van der Waals surface area contributed by atoms with Crippen molar-refractivity contribution in [1.82, 2.24) is 5.32 Å². The standard InChI is InChI=1S/C14H19NO2/c16-14(10-12-4-2-1-3-5-12)17-11-13-6-8-15-9-7-13/h1-5,13,15H,6-11H2. The van der Waals surface area contributed by atoms with Gasteiger partial charge in [-0.25, -0.2) is 0 Å². The number of carbonyl (C=O) groups excluding carboxylic acids is 1. The van der Waals surface area contributed by atoms with E-state index >= 15 is 0 Å². The third-order valence-corrected chi connectivity index (χ3v) is 3.13. The van der Waals surface area contributed by atoms with E-state index in [0.29, 0.717) is 18.9 Å². The van der Waals surface area contributed by atoms with Gasteiger partial charge in [0.05, 0.1) is 13.0 Å². The number of ether oxygens (including phenoxy) is 1. The smallest absolute Gasteiger partial charge is 0.310 e. The van der Waals surface area contributed by atoms with Gasteiger partial charge >= 0.3 is 5.97 Å². The maximum atomic E-state index is 11.6. The van der Waals surface area contributed by atoms with Gasteiger partial charge in [-0.2, -0.15) is 0 Å². The van der Waals surface area contributed by atoms with Gasteiger partial charge in [-0.3, -0.25) is 4.79 Å². The molecule has 0 amide bonds. The maximum Gasteiger partial charge on any atom is 0.310 e. The first-order valence-electron chi connectivity index (χ1n) is 6.25. The number of benzene rings is 1. The summed E-state index contributed by atoms with van der Waals surface area (Å²) in [6.07, 6.45) is 2.60. The van der Waals surface area contributed by atoms with Gasteiger partial charge in [0.25, 0.3) is 0 Å². The monoisotopic (exact) mass is 233 g/mol. The number of nitrogens with one attached hydrogen (secondary N) is 1. The third kappa shape index (κ3) is 4.19. The predicted molar refractivity (Wildman–Crippen MR) is 66.7 cm³/mol. The normalized spacial score (nSPS) is 16.7. The Balaban J connectivity index is 1.70. The van der Waals surface area contributed by atoms with Crippen molar-refractivity contribution in [3.8, 4) is 0 Å². The summed E-state index contributed by atoms with van der Waals surface area (Å²) >= 11 is 0. The number of esters is 1. The second kappa shape index (κ2) is 6.40. The lowest BCUT2D eigenvalue weighted by Gasteiger charge is -2.22. The lowest BCUT2D eigenvalue weighted by molar-refractivity contribution is -0.144. The molecule has 0 aliphatic carbocycles. The van der Waals surface area contributed by atoms with E-state index in [9.17, 15) is 4.79 Å². The average Bonchev–Trinajstić information content (AvgIpc) is 2.39. The highest BCUT2D eigenvalue weighted by Gasteiger charge is 2.15. The molecule has 0 spiro atoms. The van der Waals surface area contributed by atoms with E-state index in [0.717, 1.165) is 31.5 Å². The van der Waals surface area contributed by atoms with Gasteiger partial charge in [0.1, 0.15) is 0 Å². The fourth-order valence-electron chi connectivity index (χ4n) is 2.07. The van der Waals surface area contributed by atoms with Crippen molar-refractivity contribution in [1.29, 1.82) is 0 Å². The van der Waals surface area contributed by atoms with Crippen molar-refractivity contribution in [2.45, 2.75) is 19.3 Å². The van der Waals surface area contributed by atoms with Crippen LogP contribution in [-0.2, 0) is 16.0 Å². The van der Waals surface area contributed by atoms with E-state index in [2.05, 4.69) is 5.32 Å². The summed E-state index contributed by atoms with van der Waals surface area (Å²) in [6, 6.07) is 9.73. The van der Waals surface area contributed by atoms with Crippen LogP contribution in [0.4, 0.5) is 0 Å². The Morgan fingerprint density at radius 1 is 1.24 bits per heavy atom. The first kappa shape index (κ1) is 12.1. The number of carbonyl (C=O) groups is 1. The molecule has 0 bridgehead atoms. The molecule has 1 N–H and O–H groups in total. The van der Waals surface area contributed by atoms with Crippen LogP contribution in [0.5, 0.6) is 0 Å². The minimum atomic E-state index is -0.116. The number of piperidine rings is 1. The van der Waals surface area contributed by atoms with Gasteiger partial charge in [0, 0.05) is 0 Å². The van der Waals surface area contributed by atoms with Crippen molar-refractivity contribution in [2.75, 3.05) is 19.7 Å². The van der Waals surface area contributed by atoms with Gasteiger partial charge in [-0.1, -0.05) is 30.3 Å². The van der Waals surface area contributed by atoms with Crippen LogP contribution in [0, 0.1) is 5.92 Å². The molecule has 0 atom stereocenters. The summed E-state index contributed by atoms with van der Waals surface area (Å²) in [5, 5.41) is 3.30. The lowest BCUT2D eigenvalue weighted by Crippen LogP contribution is -2.30. The Morgan fingerprint density at radius 3 is 2.65 bits per heavy atom. The highest BCUT2D eigenvalue weighted by molar-refractivity contribution is 5.72. The van der Waals surface area contributed by atoms with Crippen molar-refractivity contribution in [2.24, 2.45) is 5.92 Å². The van der Waals surface area contributed by atoms with E-state index in [1.807, 2.05) is 30.3 Å². The largest absolute Gasteiger partial charge is 0.465 e. The highest BCUT2D eigenvalue weighted by atomic mass is 16.5. The molecule has 3 nitrogen and oxygen atoms in total. The molecule has 0 unspecified atom stereocenters. The molecule has 92 valence electrons. The molecule has 1 aromatic rings. The molecule has 1 heterocycles. The summed E-state index contributed by atoms with van der Waals surface area (Å²) in [6.45, 7) is 2.66. The molecule has 0 aromatic heterocycles. The number of hydrogen-bond donors (Lipinski definition) is 1. The summed E-state index contributed by atoms with van der Waals surface area (Å²) in [5.74, 6) is 0.422. The van der Waals surface area contributed by atoms with E-state index < -0.39 is 0 Å². The van der Waals surface area contributed by atoms with Crippen LogP contribution in [0.2, 0.25) is 0 Å². The molecule has 2 rings (SSSR count). The maximum absolute atomic E-state index is 11.6. The molecule has 3 heteroatoms. The van der Waals surface area contributed by atoms with Crippen molar-refractivity contribution < 1.29 is 9.53 Å². The van der Waals surface area contributed by atoms with Gasteiger partial charge < -0.3 is 10.1 Å². The van der Waals surface area contributed by atoms with E-state index in [1.54, 1.807) is 0 Å². The molecular formula is C14H19NO2. The first-order chi connectivity index (χ1) is 8.34. The fourth-order valence-corrected chi connectivity index (χ4v) is 2.07. The first-order valence-corrected chi connectivity index (χ1v) is 6.25. The molecule has 17 heavy (non-hydrogen) atoms. The number of hydrogen-bond acceptors (Lipinski definition) is 3. The second-order valence-electron chi connectivity index (χ2n) is 4.54. The SMILES string of the molecule is O=C(Cc1ccccc1)OCC1CCNCC1. The quantitative estimate of drug-likeness (QED) is 0.805. The van der Waals surface area contributed by atoms with Gasteiger partial charge in [0.2, 0.25) is 0 Å². The minimum absolute atomic E-state index is 0.116. The second-order valence-corrected chi connectivity index (χ2v) is 4.54. The van der Waals surface area contributed by atoms with E-state index in [4.69, 9.17) is 4.74 Å². The van der Waals surface area contributed by atoms with Crippen LogP contribution in [-0.4, -0.2) is 25.7 Å².